The third-order valence-corrected chi connectivity index (χ3v) is 2.35. The van der Waals surface area contributed by atoms with Gasteiger partial charge in [0, 0.05) is 23.2 Å². The van der Waals surface area contributed by atoms with Crippen molar-refractivity contribution in [3.05, 3.63) is 34.9 Å². The van der Waals surface area contributed by atoms with Crippen molar-refractivity contribution in [2.75, 3.05) is 13.2 Å². The number of amides is 1. The number of carbonyl (C=O) groups is 2. The normalized spacial score (nSPS) is 10.4. The average Bonchev–Trinajstić information content (AvgIpc) is 2.35. The van der Waals surface area contributed by atoms with E-state index in [1.807, 2.05) is 0 Å². The molecule has 0 unspecified atom stereocenters. The molecular weight excluding hydrogens is 270 g/mol. The average molecular weight is 284 g/mol. The van der Waals surface area contributed by atoms with Crippen LogP contribution < -0.4 is 10.1 Å². The molecule has 0 saturated heterocycles. The minimum atomic E-state index is -1.07. The Kier molecular flexibility index (Phi) is 5.89. The molecule has 0 heterocycles. The van der Waals surface area contributed by atoms with Crippen LogP contribution in [0.5, 0.6) is 5.75 Å². The van der Waals surface area contributed by atoms with Crippen LogP contribution in [-0.2, 0) is 9.59 Å². The molecule has 19 heavy (non-hydrogen) atoms. The number of rotatable bonds is 6. The highest BCUT2D eigenvalue weighted by molar-refractivity contribution is 6.30. The lowest BCUT2D eigenvalue weighted by molar-refractivity contribution is -0.131. The van der Waals surface area contributed by atoms with Gasteiger partial charge >= 0.3 is 5.97 Å². The molecule has 0 aliphatic rings. The van der Waals surface area contributed by atoms with Gasteiger partial charge in [-0.3, -0.25) is 4.79 Å². The number of carboxylic acid groups (broad SMARTS) is 1. The molecule has 0 aliphatic heterocycles. The fourth-order valence-electron chi connectivity index (χ4n) is 1.33. The third-order valence-electron chi connectivity index (χ3n) is 2.11. The Morgan fingerprint density at radius 1 is 1.47 bits per heavy atom. The number of aliphatic carboxylic acids is 1. The summed E-state index contributed by atoms with van der Waals surface area (Å²) in [5.41, 5.74) is 0.499. The predicted octanol–water partition coefficient (Wildman–Crippen LogP) is 1.95. The Morgan fingerprint density at radius 2 is 2.21 bits per heavy atom. The highest BCUT2D eigenvalue weighted by Gasteiger charge is 2.06. The molecule has 5 nitrogen and oxygen atoms in total. The Bertz CT molecular complexity index is 499. The number of hydrogen-bond acceptors (Lipinski definition) is 3. The summed E-state index contributed by atoms with van der Waals surface area (Å²) in [6.07, 6.45) is 2.34. The minimum Gasteiger partial charge on any atom is -0.483 e. The van der Waals surface area contributed by atoms with Gasteiger partial charge in [-0.1, -0.05) is 11.6 Å². The zero-order valence-corrected chi connectivity index (χ0v) is 11.1. The molecule has 6 heteroatoms. The number of carboxylic acids is 1. The molecule has 1 amide bonds. The van der Waals surface area contributed by atoms with E-state index in [2.05, 4.69) is 5.32 Å². The second-order valence-electron chi connectivity index (χ2n) is 3.60. The maximum Gasteiger partial charge on any atom is 0.328 e. The summed E-state index contributed by atoms with van der Waals surface area (Å²) in [5.74, 6) is -0.923. The van der Waals surface area contributed by atoms with Crippen molar-refractivity contribution in [2.24, 2.45) is 0 Å². The van der Waals surface area contributed by atoms with E-state index in [0.29, 0.717) is 22.9 Å². The molecule has 0 atom stereocenters. The Hall–Kier alpha value is -2.01. The van der Waals surface area contributed by atoms with Crippen LogP contribution >= 0.6 is 11.6 Å². The van der Waals surface area contributed by atoms with E-state index in [0.717, 1.165) is 6.08 Å². The molecule has 1 rings (SSSR count). The smallest absolute Gasteiger partial charge is 0.328 e. The van der Waals surface area contributed by atoms with E-state index in [-0.39, 0.29) is 12.5 Å². The van der Waals surface area contributed by atoms with Crippen LogP contribution in [0.15, 0.2) is 24.3 Å². The van der Waals surface area contributed by atoms with Crippen LogP contribution in [0.1, 0.15) is 12.5 Å². The van der Waals surface area contributed by atoms with Gasteiger partial charge in [0.05, 0.1) is 0 Å². The van der Waals surface area contributed by atoms with E-state index >= 15 is 0 Å². The quantitative estimate of drug-likeness (QED) is 0.783. The van der Waals surface area contributed by atoms with Crippen LogP contribution in [0.3, 0.4) is 0 Å². The molecule has 0 aromatic heterocycles. The summed E-state index contributed by atoms with van der Waals surface area (Å²) in [6, 6.07) is 4.75. The number of halogens is 1. The zero-order valence-electron chi connectivity index (χ0n) is 10.4. The maximum absolute atomic E-state index is 11.3. The van der Waals surface area contributed by atoms with E-state index in [9.17, 15) is 9.59 Å². The van der Waals surface area contributed by atoms with Crippen molar-refractivity contribution in [3.63, 3.8) is 0 Å². The Balaban J connectivity index is 2.81. The Morgan fingerprint density at radius 3 is 2.84 bits per heavy atom. The number of nitrogens with one attached hydrogen (secondary N) is 1. The highest BCUT2D eigenvalue weighted by atomic mass is 35.5. The molecule has 0 spiro atoms. The molecule has 0 radical (unpaired) electrons. The maximum atomic E-state index is 11.3. The van der Waals surface area contributed by atoms with Crippen LogP contribution in [-0.4, -0.2) is 30.1 Å². The number of benzene rings is 1. The van der Waals surface area contributed by atoms with Gasteiger partial charge in [0.15, 0.2) is 6.61 Å². The largest absolute Gasteiger partial charge is 0.483 e. The molecule has 0 aliphatic carbocycles. The molecule has 102 valence electrons. The lowest BCUT2D eigenvalue weighted by Crippen LogP contribution is -2.28. The van der Waals surface area contributed by atoms with Gasteiger partial charge in [0.1, 0.15) is 5.75 Å². The second kappa shape index (κ2) is 7.43. The lowest BCUT2D eigenvalue weighted by Gasteiger charge is -2.09. The molecular formula is C13H14ClNO4. The van der Waals surface area contributed by atoms with Gasteiger partial charge in [0.25, 0.3) is 5.91 Å². The number of carbonyl (C=O) groups excluding carboxylic acids is 1. The number of hydrogen-bond donors (Lipinski definition) is 2. The highest BCUT2D eigenvalue weighted by Crippen LogP contribution is 2.24. The first-order valence-corrected chi connectivity index (χ1v) is 6.00. The van der Waals surface area contributed by atoms with Gasteiger partial charge in [0.2, 0.25) is 0 Å². The zero-order chi connectivity index (χ0) is 14.3. The minimum absolute atomic E-state index is 0.136. The molecule has 0 bridgehead atoms. The van der Waals surface area contributed by atoms with Crippen LogP contribution in [0, 0.1) is 0 Å². The summed E-state index contributed by atoms with van der Waals surface area (Å²) in [6.45, 7) is 2.19. The Labute approximate surface area is 115 Å². The predicted molar refractivity (Wildman–Crippen MR) is 72.3 cm³/mol. The number of likely N-dealkylation sites (N-methyl/N-ethyl adjacent to an activating group) is 1. The van der Waals surface area contributed by atoms with Gasteiger partial charge in [-0.15, -0.1) is 0 Å². The lowest BCUT2D eigenvalue weighted by atomic mass is 10.2. The van der Waals surface area contributed by atoms with E-state index < -0.39 is 5.97 Å². The van der Waals surface area contributed by atoms with Crippen LogP contribution in [0.25, 0.3) is 6.08 Å². The molecule has 1 aromatic rings. The van der Waals surface area contributed by atoms with Crippen molar-refractivity contribution in [3.8, 4) is 5.75 Å². The first-order chi connectivity index (χ1) is 9.02. The number of ether oxygens (including phenoxy) is 1. The fraction of sp³-hybridized carbons (Fsp3) is 0.231. The van der Waals surface area contributed by atoms with E-state index in [1.165, 1.54) is 6.08 Å². The summed E-state index contributed by atoms with van der Waals surface area (Å²) in [7, 11) is 0. The summed E-state index contributed by atoms with van der Waals surface area (Å²) < 4.78 is 5.32. The van der Waals surface area contributed by atoms with Gasteiger partial charge in [-0.2, -0.15) is 0 Å². The summed E-state index contributed by atoms with van der Waals surface area (Å²) >= 11 is 5.83. The van der Waals surface area contributed by atoms with Crippen molar-refractivity contribution >= 4 is 29.6 Å². The van der Waals surface area contributed by atoms with Crippen molar-refractivity contribution in [1.82, 2.24) is 5.32 Å². The van der Waals surface area contributed by atoms with E-state index in [1.54, 1.807) is 25.1 Å². The molecule has 2 N–H and O–H groups in total. The summed E-state index contributed by atoms with van der Waals surface area (Å²) in [5, 5.41) is 11.6. The second-order valence-corrected chi connectivity index (χ2v) is 4.03. The van der Waals surface area contributed by atoms with Crippen molar-refractivity contribution < 1.29 is 19.4 Å². The third kappa shape index (κ3) is 5.44. The molecule has 0 fully saturated rings. The molecule has 1 aromatic carbocycles. The first kappa shape index (κ1) is 15.0. The van der Waals surface area contributed by atoms with Crippen LogP contribution in [0.4, 0.5) is 0 Å². The van der Waals surface area contributed by atoms with Crippen LogP contribution in [0.2, 0.25) is 5.02 Å². The SMILES string of the molecule is CCNC(=O)COc1ccc(Cl)cc1/C=C/C(=O)O. The van der Waals surface area contributed by atoms with E-state index in [4.69, 9.17) is 21.4 Å². The fourth-order valence-corrected chi connectivity index (χ4v) is 1.51. The van der Waals surface area contributed by atoms with Gasteiger partial charge in [-0.05, 0) is 31.2 Å². The van der Waals surface area contributed by atoms with Crippen molar-refractivity contribution in [1.29, 1.82) is 0 Å². The van der Waals surface area contributed by atoms with Gasteiger partial charge in [-0.25, -0.2) is 4.79 Å². The first-order valence-electron chi connectivity index (χ1n) is 5.63. The van der Waals surface area contributed by atoms with Crippen molar-refractivity contribution in [2.45, 2.75) is 6.92 Å². The monoisotopic (exact) mass is 283 g/mol. The molecule has 0 saturated carbocycles. The van der Waals surface area contributed by atoms with Gasteiger partial charge < -0.3 is 15.2 Å². The topological polar surface area (TPSA) is 75.6 Å². The standard InChI is InChI=1S/C13H14ClNO4/c1-2-15-12(16)8-19-11-5-4-10(14)7-9(11)3-6-13(17)18/h3-7H,2,8H2,1H3,(H,15,16)(H,17,18)/b6-3+. The summed E-state index contributed by atoms with van der Waals surface area (Å²) in [4.78, 5) is 21.8.